The van der Waals surface area contributed by atoms with E-state index in [2.05, 4.69) is 20.9 Å². The van der Waals surface area contributed by atoms with Gasteiger partial charge in [-0.2, -0.15) is 12.6 Å². The van der Waals surface area contributed by atoms with Gasteiger partial charge in [-0.3, -0.25) is 24.2 Å². The lowest BCUT2D eigenvalue weighted by Crippen LogP contribution is -2.52. The summed E-state index contributed by atoms with van der Waals surface area (Å²) >= 11 is 4.84. The molecule has 0 aliphatic rings. The van der Waals surface area contributed by atoms with Crippen molar-refractivity contribution in [2.75, 3.05) is 24.2 Å². The molecule has 0 aliphatic carbocycles. The maximum Gasteiger partial charge on any atom is 0.253 e. The number of hydrogen-bond acceptors (Lipinski definition) is 9. The first-order chi connectivity index (χ1) is 17.7. The molecule has 39 heavy (non-hydrogen) atoms. The van der Waals surface area contributed by atoms with E-state index in [9.17, 15) is 19.2 Å². The first-order valence-corrected chi connectivity index (χ1v) is 13.5. The van der Waals surface area contributed by atoms with Crippen molar-refractivity contribution in [1.29, 1.82) is 0 Å². The number of anilines is 2. The lowest BCUT2D eigenvalue weighted by molar-refractivity contribution is -0.124. The number of carbonyl (C=O) groups is 2. The van der Waals surface area contributed by atoms with Crippen LogP contribution < -0.4 is 44.0 Å². The standard InChI is InChI=1S/C26H47N7O5S/c1-23(2,10-12-38-25(5,6)14-26(7,39)13-24(3,4)31-15-34)33-21(37)16(9-8-11-30-22(28)29)32-18-17(27)19(35)20(18)36/h15-16,32,39H,8-14,27H2,1-7H3,(H,31,34)(H,33,37)(H4,28,29,30). The van der Waals surface area contributed by atoms with E-state index >= 15 is 0 Å². The largest absolute Gasteiger partial charge is 0.394 e. The first-order valence-electron chi connectivity index (χ1n) is 13.0. The molecule has 1 aromatic rings. The summed E-state index contributed by atoms with van der Waals surface area (Å²) in [5.41, 5.74) is 13.1. The van der Waals surface area contributed by atoms with Gasteiger partial charge in [0.15, 0.2) is 5.96 Å². The van der Waals surface area contributed by atoms with Gasteiger partial charge in [-0.05, 0) is 73.6 Å². The van der Waals surface area contributed by atoms with E-state index in [0.717, 1.165) is 0 Å². The summed E-state index contributed by atoms with van der Waals surface area (Å²) in [4.78, 5) is 51.4. The van der Waals surface area contributed by atoms with Gasteiger partial charge in [-0.25, -0.2) is 0 Å². The molecule has 9 N–H and O–H groups in total. The molecule has 0 saturated carbocycles. The number of rotatable bonds is 18. The summed E-state index contributed by atoms with van der Waals surface area (Å²) < 4.78 is 5.80. The van der Waals surface area contributed by atoms with Crippen LogP contribution in [0.3, 0.4) is 0 Å². The topological polar surface area (TPSA) is 204 Å². The Bertz CT molecular complexity index is 1090. The molecule has 0 bridgehead atoms. The number of nitrogens with two attached hydrogens (primary N) is 3. The number of nitrogens with one attached hydrogen (secondary N) is 3. The van der Waals surface area contributed by atoms with Gasteiger partial charge in [-0.1, -0.05) is 6.92 Å². The van der Waals surface area contributed by atoms with Crippen LogP contribution in [0.15, 0.2) is 14.6 Å². The van der Waals surface area contributed by atoms with Crippen LogP contribution in [0.1, 0.15) is 80.6 Å². The van der Waals surface area contributed by atoms with Gasteiger partial charge in [0.2, 0.25) is 12.3 Å². The van der Waals surface area contributed by atoms with Gasteiger partial charge in [0, 0.05) is 29.0 Å². The van der Waals surface area contributed by atoms with Gasteiger partial charge in [0.1, 0.15) is 17.4 Å². The number of guanidine groups is 1. The van der Waals surface area contributed by atoms with Crippen molar-refractivity contribution < 1.29 is 14.3 Å². The van der Waals surface area contributed by atoms with Crippen molar-refractivity contribution >= 4 is 42.3 Å². The summed E-state index contributed by atoms with van der Waals surface area (Å²) in [7, 11) is 0. The minimum atomic E-state index is -0.824. The van der Waals surface area contributed by atoms with Crippen LogP contribution in [0.2, 0.25) is 0 Å². The number of nitrogen functional groups attached to an aromatic ring is 1. The quantitative estimate of drug-likeness (QED) is 0.0332. The third-order valence-electron chi connectivity index (χ3n) is 6.29. The molecule has 2 amide bonds. The van der Waals surface area contributed by atoms with E-state index in [1.807, 2.05) is 48.5 Å². The van der Waals surface area contributed by atoms with E-state index in [-0.39, 0.29) is 23.2 Å². The number of aliphatic imine (C=N–C) groups is 1. The fraction of sp³-hybridized carbons (Fsp3) is 0.731. The molecule has 1 aromatic carbocycles. The number of nitrogens with zero attached hydrogens (tertiary/aromatic N) is 1. The Hall–Kier alpha value is -2.80. The maximum absolute atomic E-state index is 13.2. The minimum absolute atomic E-state index is 0.0498. The molecule has 13 heteroatoms. The lowest BCUT2D eigenvalue weighted by Gasteiger charge is -2.39. The fourth-order valence-corrected chi connectivity index (χ4v) is 5.53. The van der Waals surface area contributed by atoms with Crippen LogP contribution >= 0.6 is 12.6 Å². The summed E-state index contributed by atoms with van der Waals surface area (Å²) in [6.07, 6.45) is 3.23. The summed E-state index contributed by atoms with van der Waals surface area (Å²) in [5.74, 6) is -0.413. The number of thiol groups is 1. The SMILES string of the molecule is CC(S)(CC(C)(C)NC=O)CC(C)(C)OCCC(C)(C)NC(=O)C(CCCN=C(N)N)Nc1c(N)c(=O)c1=O. The second-order valence-electron chi connectivity index (χ2n) is 12.3. The highest BCUT2D eigenvalue weighted by atomic mass is 32.1. The molecule has 2 unspecified atom stereocenters. The second kappa shape index (κ2) is 13.5. The Morgan fingerprint density at radius 1 is 1.05 bits per heavy atom. The van der Waals surface area contributed by atoms with Gasteiger partial charge in [-0.15, -0.1) is 0 Å². The monoisotopic (exact) mass is 569 g/mol. The van der Waals surface area contributed by atoms with Gasteiger partial charge in [0.25, 0.3) is 10.9 Å². The first kappa shape index (κ1) is 34.2. The van der Waals surface area contributed by atoms with Gasteiger partial charge >= 0.3 is 0 Å². The van der Waals surface area contributed by atoms with Gasteiger partial charge in [0.05, 0.1) is 5.60 Å². The molecular formula is C26H47N7O5S. The lowest BCUT2D eigenvalue weighted by atomic mass is 9.84. The molecule has 0 spiro atoms. The molecule has 0 fully saturated rings. The minimum Gasteiger partial charge on any atom is -0.394 e. The van der Waals surface area contributed by atoms with Crippen LogP contribution in [0.5, 0.6) is 0 Å². The van der Waals surface area contributed by atoms with Crippen LogP contribution in [0.25, 0.3) is 0 Å². The third-order valence-corrected chi connectivity index (χ3v) is 6.60. The molecule has 0 aromatic heterocycles. The molecule has 12 nitrogen and oxygen atoms in total. The predicted octanol–water partition coefficient (Wildman–Crippen LogP) is 0.772. The Morgan fingerprint density at radius 2 is 1.67 bits per heavy atom. The van der Waals surface area contributed by atoms with Crippen molar-refractivity contribution in [3.8, 4) is 0 Å². The average Bonchev–Trinajstić information content (AvgIpc) is 2.74. The molecule has 0 saturated heterocycles. The predicted molar refractivity (Wildman–Crippen MR) is 160 cm³/mol. The summed E-state index contributed by atoms with van der Waals surface area (Å²) in [6, 6.07) is -0.824. The average molecular weight is 570 g/mol. The highest BCUT2D eigenvalue weighted by molar-refractivity contribution is 7.81. The molecule has 222 valence electrons. The smallest absolute Gasteiger partial charge is 0.253 e. The highest BCUT2D eigenvalue weighted by Crippen LogP contribution is 2.35. The van der Waals surface area contributed by atoms with Crippen molar-refractivity contribution in [2.24, 2.45) is 16.5 Å². The fourth-order valence-electron chi connectivity index (χ4n) is 4.76. The number of amides is 2. The molecule has 1 rings (SSSR count). The molecule has 2 atom stereocenters. The Morgan fingerprint density at radius 3 is 2.21 bits per heavy atom. The Labute approximate surface area is 236 Å². The van der Waals surface area contributed by atoms with E-state index in [4.69, 9.17) is 34.6 Å². The molecular weight excluding hydrogens is 522 g/mol. The highest BCUT2D eigenvalue weighted by Gasteiger charge is 2.36. The van der Waals surface area contributed by atoms with Crippen LogP contribution in [-0.4, -0.2) is 58.9 Å². The van der Waals surface area contributed by atoms with E-state index < -0.39 is 38.3 Å². The zero-order valence-corrected chi connectivity index (χ0v) is 25.2. The zero-order chi connectivity index (χ0) is 30.2. The summed E-state index contributed by atoms with van der Waals surface area (Å²) in [6.45, 7) is 14.3. The molecule has 0 heterocycles. The van der Waals surface area contributed by atoms with Crippen molar-refractivity contribution in [3.63, 3.8) is 0 Å². The Kier molecular flexibility index (Phi) is 11.9. The van der Waals surface area contributed by atoms with E-state index in [0.29, 0.717) is 51.7 Å². The number of hydrogen-bond donors (Lipinski definition) is 7. The normalized spacial score (nSPS) is 14.8. The van der Waals surface area contributed by atoms with Crippen LogP contribution in [0, 0.1) is 0 Å². The van der Waals surface area contributed by atoms with E-state index in [1.165, 1.54) is 0 Å². The second-order valence-corrected chi connectivity index (χ2v) is 13.4. The van der Waals surface area contributed by atoms with Crippen molar-refractivity contribution in [3.05, 3.63) is 20.4 Å². The maximum atomic E-state index is 13.2. The number of carbonyl (C=O) groups excluding carboxylic acids is 2. The number of ether oxygens (including phenoxy) is 1. The van der Waals surface area contributed by atoms with Crippen molar-refractivity contribution in [2.45, 2.75) is 108 Å². The molecule has 0 radical (unpaired) electrons. The van der Waals surface area contributed by atoms with Crippen LogP contribution in [-0.2, 0) is 14.3 Å². The zero-order valence-electron chi connectivity index (χ0n) is 24.3. The van der Waals surface area contributed by atoms with Gasteiger partial charge < -0.3 is 37.9 Å². The summed E-state index contributed by atoms with van der Waals surface area (Å²) in [5, 5.41) is 8.64. The third kappa shape index (κ3) is 11.9. The molecule has 0 aliphatic heterocycles. The van der Waals surface area contributed by atoms with Crippen molar-refractivity contribution in [1.82, 2.24) is 10.6 Å². The Balaban J connectivity index is 2.77. The van der Waals surface area contributed by atoms with E-state index in [1.54, 1.807) is 0 Å². The van der Waals surface area contributed by atoms with Crippen LogP contribution in [0.4, 0.5) is 11.4 Å².